The molecule has 1 heterocycles. The molecule has 26 heavy (non-hydrogen) atoms. The fourth-order valence-electron chi connectivity index (χ4n) is 2.64. The molecule has 1 atom stereocenters. The SMILES string of the molecule is Cc1ccc(N(CC(=O)N[C@H](C)Cc2ncccc2C)S(C)(=O)=O)cc1. The lowest BCUT2D eigenvalue weighted by molar-refractivity contribution is -0.120. The number of rotatable bonds is 7. The van der Waals surface area contributed by atoms with E-state index in [2.05, 4.69) is 10.3 Å². The zero-order valence-electron chi connectivity index (χ0n) is 15.6. The van der Waals surface area contributed by atoms with Gasteiger partial charge in [0, 0.05) is 24.4 Å². The molecule has 1 amide bonds. The fraction of sp³-hybridized carbons (Fsp3) is 0.368. The number of benzene rings is 1. The van der Waals surface area contributed by atoms with Crippen LogP contribution < -0.4 is 9.62 Å². The Kier molecular flexibility index (Phi) is 6.37. The van der Waals surface area contributed by atoms with Crippen molar-refractivity contribution in [2.75, 3.05) is 17.1 Å². The van der Waals surface area contributed by atoms with Gasteiger partial charge in [0.05, 0.1) is 11.9 Å². The average Bonchev–Trinajstić information content (AvgIpc) is 2.55. The standard InChI is InChI=1S/C19H25N3O3S/c1-14-7-9-17(10-8-14)22(26(4,24)25)13-19(23)21-16(3)12-18-15(2)6-5-11-20-18/h5-11,16H,12-13H2,1-4H3,(H,21,23)/t16-/m1/s1. The van der Waals surface area contributed by atoms with E-state index in [0.29, 0.717) is 12.1 Å². The van der Waals surface area contributed by atoms with Crippen LogP contribution in [-0.4, -0.2) is 38.2 Å². The average molecular weight is 375 g/mol. The Labute approximate surface area is 155 Å². The highest BCUT2D eigenvalue weighted by Crippen LogP contribution is 2.18. The number of anilines is 1. The van der Waals surface area contributed by atoms with Crippen molar-refractivity contribution in [3.8, 4) is 0 Å². The van der Waals surface area contributed by atoms with Crippen LogP contribution in [0.5, 0.6) is 0 Å². The Morgan fingerprint density at radius 2 is 1.85 bits per heavy atom. The number of pyridine rings is 1. The summed E-state index contributed by atoms with van der Waals surface area (Å²) in [5.74, 6) is -0.350. The van der Waals surface area contributed by atoms with Crippen LogP contribution in [0.2, 0.25) is 0 Å². The topological polar surface area (TPSA) is 79.4 Å². The van der Waals surface area contributed by atoms with Crippen molar-refractivity contribution in [2.24, 2.45) is 0 Å². The number of carbonyl (C=O) groups excluding carboxylic acids is 1. The van der Waals surface area contributed by atoms with Crippen molar-refractivity contribution in [3.63, 3.8) is 0 Å². The molecule has 2 aromatic rings. The summed E-state index contributed by atoms with van der Waals surface area (Å²) in [5, 5.41) is 2.85. The van der Waals surface area contributed by atoms with E-state index in [0.717, 1.165) is 27.4 Å². The largest absolute Gasteiger partial charge is 0.352 e. The lowest BCUT2D eigenvalue weighted by Gasteiger charge is -2.23. The number of carbonyl (C=O) groups is 1. The summed E-state index contributed by atoms with van der Waals surface area (Å²) in [6.07, 6.45) is 3.41. The van der Waals surface area contributed by atoms with Gasteiger partial charge < -0.3 is 5.32 Å². The molecule has 0 spiro atoms. The van der Waals surface area contributed by atoms with E-state index >= 15 is 0 Å². The van der Waals surface area contributed by atoms with E-state index in [-0.39, 0.29) is 18.5 Å². The maximum atomic E-state index is 12.4. The second-order valence-corrected chi connectivity index (χ2v) is 8.45. The molecule has 0 aliphatic heterocycles. The smallest absolute Gasteiger partial charge is 0.240 e. The Bertz CT molecular complexity index is 864. The summed E-state index contributed by atoms with van der Waals surface area (Å²) in [6, 6.07) is 10.7. The molecule has 6 nitrogen and oxygen atoms in total. The van der Waals surface area contributed by atoms with E-state index in [9.17, 15) is 13.2 Å². The number of aromatic nitrogens is 1. The van der Waals surface area contributed by atoms with Gasteiger partial charge >= 0.3 is 0 Å². The molecule has 0 aliphatic carbocycles. The summed E-state index contributed by atoms with van der Waals surface area (Å²) in [6.45, 7) is 5.51. The Morgan fingerprint density at radius 3 is 2.42 bits per heavy atom. The molecule has 0 bridgehead atoms. The number of hydrogen-bond acceptors (Lipinski definition) is 4. The minimum atomic E-state index is -3.57. The van der Waals surface area contributed by atoms with Gasteiger partial charge in [-0.15, -0.1) is 0 Å². The second kappa shape index (κ2) is 8.31. The molecule has 140 valence electrons. The molecule has 0 saturated heterocycles. The number of amides is 1. The van der Waals surface area contributed by atoms with Crippen LogP contribution in [0, 0.1) is 13.8 Å². The van der Waals surface area contributed by atoms with Crippen LogP contribution in [0.15, 0.2) is 42.6 Å². The van der Waals surface area contributed by atoms with Crippen LogP contribution in [-0.2, 0) is 21.2 Å². The lowest BCUT2D eigenvalue weighted by Crippen LogP contribution is -2.44. The number of sulfonamides is 1. The van der Waals surface area contributed by atoms with Gasteiger partial charge in [-0.3, -0.25) is 14.1 Å². The molecule has 0 aliphatic rings. The zero-order chi connectivity index (χ0) is 19.3. The van der Waals surface area contributed by atoms with Gasteiger partial charge in [0.2, 0.25) is 15.9 Å². The maximum absolute atomic E-state index is 12.4. The van der Waals surface area contributed by atoms with Crippen molar-refractivity contribution in [1.82, 2.24) is 10.3 Å². The van der Waals surface area contributed by atoms with Gasteiger partial charge in [-0.2, -0.15) is 0 Å². The van der Waals surface area contributed by atoms with Gasteiger partial charge in [-0.1, -0.05) is 23.8 Å². The number of aryl methyl sites for hydroxylation is 2. The summed E-state index contributed by atoms with van der Waals surface area (Å²) >= 11 is 0. The number of nitrogens with zero attached hydrogens (tertiary/aromatic N) is 2. The van der Waals surface area contributed by atoms with Gasteiger partial charge in [0.15, 0.2) is 0 Å². The first kappa shape index (κ1) is 19.9. The first-order valence-electron chi connectivity index (χ1n) is 8.41. The van der Waals surface area contributed by atoms with Crippen molar-refractivity contribution >= 4 is 21.6 Å². The van der Waals surface area contributed by atoms with Crippen molar-refractivity contribution < 1.29 is 13.2 Å². The molecular formula is C19H25N3O3S. The highest BCUT2D eigenvalue weighted by molar-refractivity contribution is 7.92. The molecule has 1 aromatic carbocycles. The maximum Gasteiger partial charge on any atom is 0.240 e. The highest BCUT2D eigenvalue weighted by Gasteiger charge is 2.21. The fourth-order valence-corrected chi connectivity index (χ4v) is 3.49. The molecule has 1 aromatic heterocycles. The third-order valence-corrected chi connectivity index (χ3v) is 5.17. The predicted octanol–water partition coefficient (Wildman–Crippen LogP) is 2.21. The molecular weight excluding hydrogens is 350 g/mol. The summed E-state index contributed by atoms with van der Waals surface area (Å²) in [7, 11) is -3.57. The van der Waals surface area contributed by atoms with Crippen LogP contribution in [0.1, 0.15) is 23.7 Å². The van der Waals surface area contributed by atoms with E-state index < -0.39 is 10.0 Å². The normalized spacial score (nSPS) is 12.5. The predicted molar refractivity (Wildman–Crippen MR) is 104 cm³/mol. The van der Waals surface area contributed by atoms with Gasteiger partial charge in [0.25, 0.3) is 0 Å². The molecule has 0 saturated carbocycles. The first-order chi connectivity index (χ1) is 12.2. The van der Waals surface area contributed by atoms with E-state index in [1.54, 1.807) is 18.3 Å². The van der Waals surface area contributed by atoms with Crippen LogP contribution in [0.25, 0.3) is 0 Å². The summed E-state index contributed by atoms with van der Waals surface area (Å²) < 4.78 is 25.3. The van der Waals surface area contributed by atoms with Gasteiger partial charge in [-0.25, -0.2) is 8.42 Å². The first-order valence-corrected chi connectivity index (χ1v) is 10.3. The lowest BCUT2D eigenvalue weighted by atomic mass is 10.1. The van der Waals surface area contributed by atoms with Crippen LogP contribution in [0.4, 0.5) is 5.69 Å². The Balaban J connectivity index is 2.05. The van der Waals surface area contributed by atoms with Crippen LogP contribution >= 0.6 is 0 Å². The minimum absolute atomic E-state index is 0.157. The Morgan fingerprint density at radius 1 is 1.19 bits per heavy atom. The van der Waals surface area contributed by atoms with Crippen molar-refractivity contribution in [3.05, 3.63) is 59.4 Å². The number of hydrogen-bond donors (Lipinski definition) is 1. The van der Waals surface area contributed by atoms with E-state index in [1.807, 2.05) is 45.0 Å². The monoisotopic (exact) mass is 375 g/mol. The van der Waals surface area contributed by atoms with Gasteiger partial charge in [0.1, 0.15) is 6.54 Å². The van der Waals surface area contributed by atoms with Crippen LogP contribution in [0.3, 0.4) is 0 Å². The molecule has 1 N–H and O–H groups in total. The number of nitrogens with one attached hydrogen (secondary N) is 1. The van der Waals surface area contributed by atoms with E-state index in [4.69, 9.17) is 0 Å². The van der Waals surface area contributed by atoms with Crippen molar-refractivity contribution in [1.29, 1.82) is 0 Å². The minimum Gasteiger partial charge on any atom is -0.352 e. The summed E-state index contributed by atoms with van der Waals surface area (Å²) in [4.78, 5) is 16.7. The third kappa shape index (κ3) is 5.56. The Hall–Kier alpha value is -2.41. The molecule has 7 heteroatoms. The zero-order valence-corrected chi connectivity index (χ0v) is 16.4. The summed E-state index contributed by atoms with van der Waals surface area (Å²) in [5.41, 5.74) is 3.47. The molecule has 0 radical (unpaired) electrons. The second-order valence-electron chi connectivity index (χ2n) is 6.54. The molecule has 2 rings (SSSR count). The third-order valence-electron chi connectivity index (χ3n) is 4.03. The van der Waals surface area contributed by atoms with Crippen molar-refractivity contribution in [2.45, 2.75) is 33.2 Å². The molecule has 0 fully saturated rings. The molecule has 0 unspecified atom stereocenters. The highest BCUT2D eigenvalue weighted by atomic mass is 32.2. The van der Waals surface area contributed by atoms with Gasteiger partial charge in [-0.05, 0) is 44.5 Å². The van der Waals surface area contributed by atoms with E-state index in [1.165, 1.54) is 0 Å². The quantitative estimate of drug-likeness (QED) is 0.805.